The highest BCUT2D eigenvalue weighted by molar-refractivity contribution is 6.33. The molecule has 104 valence electrons. The molecule has 5 heteroatoms. The molecule has 0 aromatic carbocycles. The molecular weight excluding hydrogens is 283 g/mol. The van der Waals surface area contributed by atoms with Gasteiger partial charge in [0.05, 0.1) is 0 Å². The van der Waals surface area contributed by atoms with E-state index in [9.17, 15) is 4.79 Å². The molecule has 1 fully saturated rings. The van der Waals surface area contributed by atoms with Gasteiger partial charge in [-0.15, -0.1) is 0 Å². The van der Waals surface area contributed by atoms with E-state index in [1.165, 1.54) is 0 Å². The minimum atomic E-state index is -0.0166. The van der Waals surface area contributed by atoms with Gasteiger partial charge in [0.15, 0.2) is 0 Å². The van der Waals surface area contributed by atoms with Crippen LogP contribution in [0.3, 0.4) is 0 Å². The molecule has 3 unspecified atom stereocenters. The number of amides is 1. The van der Waals surface area contributed by atoms with Crippen molar-refractivity contribution in [2.24, 2.45) is 11.8 Å². The normalized spacial score (nSPS) is 27.4. The Morgan fingerprint density at radius 2 is 1.84 bits per heavy atom. The number of halogens is 2. The molecule has 1 aliphatic rings. The fourth-order valence-electron chi connectivity index (χ4n) is 2.74. The van der Waals surface area contributed by atoms with Crippen LogP contribution < -0.4 is 0 Å². The lowest BCUT2D eigenvalue weighted by Gasteiger charge is -2.41. The van der Waals surface area contributed by atoms with E-state index in [-0.39, 0.29) is 22.3 Å². The molecule has 19 heavy (non-hydrogen) atoms. The van der Waals surface area contributed by atoms with Crippen molar-refractivity contribution in [3.05, 3.63) is 28.0 Å². The van der Waals surface area contributed by atoms with Crippen LogP contribution in [0, 0.1) is 11.8 Å². The van der Waals surface area contributed by atoms with Gasteiger partial charge < -0.3 is 4.90 Å². The highest BCUT2D eigenvalue weighted by atomic mass is 35.5. The molecule has 1 saturated heterocycles. The van der Waals surface area contributed by atoms with E-state index < -0.39 is 0 Å². The second-order valence-corrected chi connectivity index (χ2v) is 6.29. The van der Waals surface area contributed by atoms with Gasteiger partial charge in [-0.3, -0.25) is 4.79 Å². The zero-order valence-electron chi connectivity index (χ0n) is 11.4. The van der Waals surface area contributed by atoms with E-state index in [1.807, 2.05) is 4.90 Å². The Labute approximate surface area is 123 Å². The molecule has 0 saturated carbocycles. The van der Waals surface area contributed by atoms with E-state index in [1.54, 1.807) is 12.1 Å². The summed E-state index contributed by atoms with van der Waals surface area (Å²) in [7, 11) is 0. The number of hydrogen-bond acceptors (Lipinski definition) is 2. The van der Waals surface area contributed by atoms with Crippen LogP contribution in [0.5, 0.6) is 0 Å². The van der Waals surface area contributed by atoms with Crippen molar-refractivity contribution in [2.45, 2.75) is 33.2 Å². The van der Waals surface area contributed by atoms with Crippen molar-refractivity contribution in [1.82, 2.24) is 9.88 Å². The van der Waals surface area contributed by atoms with Gasteiger partial charge >= 0.3 is 0 Å². The van der Waals surface area contributed by atoms with Crippen LogP contribution in [0.2, 0.25) is 10.3 Å². The Kier molecular flexibility index (Phi) is 4.36. The molecule has 1 amide bonds. The van der Waals surface area contributed by atoms with Gasteiger partial charge in [0.2, 0.25) is 0 Å². The number of carbonyl (C=O) groups is 1. The molecule has 0 N–H and O–H groups in total. The average Bonchev–Trinajstić information content (AvgIpc) is 2.31. The first kappa shape index (κ1) is 14.6. The van der Waals surface area contributed by atoms with Crippen LogP contribution >= 0.6 is 23.2 Å². The molecular formula is C14H18Cl2N2O. The molecule has 0 aliphatic carbocycles. The molecule has 1 aromatic rings. The molecule has 1 aromatic heterocycles. The van der Waals surface area contributed by atoms with E-state index >= 15 is 0 Å². The molecule has 3 atom stereocenters. The smallest absolute Gasteiger partial charge is 0.254 e. The molecule has 0 spiro atoms. The molecule has 2 rings (SSSR count). The number of piperidine rings is 1. The maximum absolute atomic E-state index is 12.6. The first-order valence-electron chi connectivity index (χ1n) is 6.52. The molecule has 1 aliphatic heterocycles. The standard InChI is InChI=1S/C14H18Cl2N2O/c1-8-4-9(2)10(3)18(7-8)14(19)11-5-12(15)17-13(16)6-11/h5-6,8-10H,4,7H2,1-3H3. The highest BCUT2D eigenvalue weighted by Gasteiger charge is 2.32. The van der Waals surface area contributed by atoms with Crippen LogP contribution in [0.1, 0.15) is 37.6 Å². The third-order valence-corrected chi connectivity index (χ3v) is 4.26. The van der Waals surface area contributed by atoms with Gasteiger partial charge in [-0.25, -0.2) is 4.98 Å². The highest BCUT2D eigenvalue weighted by Crippen LogP contribution is 2.28. The number of aromatic nitrogens is 1. The van der Waals surface area contributed by atoms with Crippen molar-refractivity contribution in [3.63, 3.8) is 0 Å². The van der Waals surface area contributed by atoms with Crippen molar-refractivity contribution >= 4 is 29.1 Å². The number of nitrogens with zero attached hydrogens (tertiary/aromatic N) is 2. The quantitative estimate of drug-likeness (QED) is 0.737. The molecule has 3 nitrogen and oxygen atoms in total. The first-order chi connectivity index (χ1) is 8.88. The summed E-state index contributed by atoms with van der Waals surface area (Å²) in [5, 5.41) is 0.503. The number of pyridine rings is 1. The fraction of sp³-hybridized carbons (Fsp3) is 0.571. The average molecular weight is 301 g/mol. The number of carbonyl (C=O) groups excluding carboxylic acids is 1. The van der Waals surface area contributed by atoms with E-state index in [2.05, 4.69) is 25.8 Å². The zero-order chi connectivity index (χ0) is 14.2. The van der Waals surface area contributed by atoms with Crippen molar-refractivity contribution < 1.29 is 4.79 Å². The maximum atomic E-state index is 12.6. The summed E-state index contributed by atoms with van der Waals surface area (Å²) in [6.45, 7) is 7.24. The lowest BCUT2D eigenvalue weighted by atomic mass is 9.85. The topological polar surface area (TPSA) is 33.2 Å². The predicted octanol–water partition coefficient (Wildman–Crippen LogP) is 3.90. The Morgan fingerprint density at radius 1 is 1.26 bits per heavy atom. The van der Waals surface area contributed by atoms with Crippen LogP contribution in [0.25, 0.3) is 0 Å². The second kappa shape index (κ2) is 5.68. The van der Waals surface area contributed by atoms with Crippen LogP contribution in [-0.2, 0) is 0 Å². The van der Waals surface area contributed by atoms with Gasteiger partial charge in [0.1, 0.15) is 10.3 Å². The third-order valence-electron chi connectivity index (χ3n) is 3.87. The predicted molar refractivity (Wildman–Crippen MR) is 77.7 cm³/mol. The zero-order valence-corrected chi connectivity index (χ0v) is 12.9. The first-order valence-corrected chi connectivity index (χ1v) is 7.28. The minimum Gasteiger partial charge on any atom is -0.335 e. The maximum Gasteiger partial charge on any atom is 0.254 e. The van der Waals surface area contributed by atoms with Gasteiger partial charge in [-0.2, -0.15) is 0 Å². The Bertz CT molecular complexity index is 472. The SMILES string of the molecule is CC1CC(C)C(C)N(C(=O)c2cc(Cl)nc(Cl)c2)C1. The molecule has 2 heterocycles. The lowest BCUT2D eigenvalue weighted by Crippen LogP contribution is -2.48. The monoisotopic (exact) mass is 300 g/mol. The summed E-state index contributed by atoms with van der Waals surface area (Å²) in [5.41, 5.74) is 0.512. The van der Waals surface area contributed by atoms with E-state index in [0.717, 1.165) is 13.0 Å². The number of likely N-dealkylation sites (tertiary alicyclic amines) is 1. The number of rotatable bonds is 1. The lowest BCUT2D eigenvalue weighted by molar-refractivity contribution is 0.0455. The number of hydrogen-bond donors (Lipinski definition) is 0. The van der Waals surface area contributed by atoms with Crippen molar-refractivity contribution in [3.8, 4) is 0 Å². The van der Waals surface area contributed by atoms with Gasteiger partial charge in [0.25, 0.3) is 5.91 Å². The van der Waals surface area contributed by atoms with Crippen LogP contribution in [0.4, 0.5) is 0 Å². The largest absolute Gasteiger partial charge is 0.335 e. The molecule has 0 bridgehead atoms. The van der Waals surface area contributed by atoms with Gasteiger partial charge in [-0.05, 0) is 37.3 Å². The summed E-state index contributed by atoms with van der Waals surface area (Å²) in [4.78, 5) is 18.4. The van der Waals surface area contributed by atoms with Crippen molar-refractivity contribution in [1.29, 1.82) is 0 Å². The Hall–Kier alpha value is -0.800. The Balaban J connectivity index is 2.27. The van der Waals surface area contributed by atoms with E-state index in [0.29, 0.717) is 17.4 Å². The summed E-state index contributed by atoms with van der Waals surface area (Å²) in [6.07, 6.45) is 1.16. The second-order valence-electron chi connectivity index (χ2n) is 5.52. The van der Waals surface area contributed by atoms with E-state index in [4.69, 9.17) is 23.2 Å². The van der Waals surface area contributed by atoms with Crippen molar-refractivity contribution in [2.75, 3.05) is 6.54 Å². The summed E-state index contributed by atoms with van der Waals surface area (Å²) >= 11 is 11.7. The minimum absolute atomic E-state index is 0.0166. The summed E-state index contributed by atoms with van der Waals surface area (Å²) < 4.78 is 0. The fourth-order valence-corrected chi connectivity index (χ4v) is 3.20. The van der Waals surface area contributed by atoms with Crippen LogP contribution in [0.15, 0.2) is 12.1 Å². The Morgan fingerprint density at radius 3 is 2.42 bits per heavy atom. The summed E-state index contributed by atoms with van der Waals surface area (Å²) in [5.74, 6) is 1.00. The van der Waals surface area contributed by atoms with Gasteiger partial charge in [-0.1, -0.05) is 37.0 Å². The molecule has 0 radical (unpaired) electrons. The third kappa shape index (κ3) is 3.21. The van der Waals surface area contributed by atoms with Crippen LogP contribution in [-0.4, -0.2) is 28.4 Å². The summed E-state index contributed by atoms with van der Waals surface area (Å²) in [6, 6.07) is 3.38. The van der Waals surface area contributed by atoms with Gasteiger partial charge in [0, 0.05) is 18.2 Å².